The van der Waals surface area contributed by atoms with Gasteiger partial charge < -0.3 is 0 Å². The van der Waals surface area contributed by atoms with Crippen LogP contribution in [0.1, 0.15) is 122 Å². The summed E-state index contributed by atoms with van der Waals surface area (Å²) in [4.78, 5) is 0. The number of hydrogen-bond acceptors (Lipinski definition) is 0. The summed E-state index contributed by atoms with van der Waals surface area (Å²) in [6, 6.07) is 2.62. The fourth-order valence-corrected chi connectivity index (χ4v) is 4.47. The van der Waals surface area contributed by atoms with E-state index in [0.29, 0.717) is 0 Å². The van der Waals surface area contributed by atoms with Gasteiger partial charge in [0, 0.05) is 8.07 Å². The van der Waals surface area contributed by atoms with Crippen molar-refractivity contribution in [1.82, 2.24) is 0 Å². The molecule has 0 heterocycles. The summed E-state index contributed by atoms with van der Waals surface area (Å²) < 4.78 is 0. The van der Waals surface area contributed by atoms with E-state index in [0.717, 1.165) is 0 Å². The summed E-state index contributed by atoms with van der Waals surface area (Å²) in [6.45, 7) is 9.63. The van der Waals surface area contributed by atoms with Crippen molar-refractivity contribution < 1.29 is 0 Å². The fourth-order valence-electron chi connectivity index (χ4n) is 3.40. The third-order valence-electron chi connectivity index (χ3n) is 5.06. The monoisotopic (exact) mass is 353 g/mol. The van der Waals surface area contributed by atoms with Crippen LogP contribution >= 0.6 is 0 Å². The third-order valence-corrected chi connectivity index (χ3v) is 6.58. The second-order valence-electron chi connectivity index (χ2n) is 9.02. The van der Waals surface area contributed by atoms with Gasteiger partial charge in [0.15, 0.2) is 0 Å². The van der Waals surface area contributed by atoms with E-state index in [1.54, 1.807) is 0 Å². The minimum absolute atomic E-state index is 0.893. The Kier molecular flexibility index (Phi) is 18.2. The summed E-state index contributed by atoms with van der Waals surface area (Å²) in [7, 11) is -0.893. The lowest BCUT2D eigenvalue weighted by molar-refractivity contribution is 0.527. The van der Waals surface area contributed by atoms with Crippen molar-refractivity contribution in [3.05, 3.63) is 6.04 Å². The van der Waals surface area contributed by atoms with Gasteiger partial charge in [-0.3, -0.25) is 0 Å². The lowest BCUT2D eigenvalue weighted by Crippen LogP contribution is -2.20. The Morgan fingerprint density at radius 1 is 0.458 bits per heavy atom. The number of hydrogen-bond donors (Lipinski definition) is 0. The minimum atomic E-state index is -0.893. The summed E-state index contributed by atoms with van der Waals surface area (Å²) in [5, 5.41) is 0. The van der Waals surface area contributed by atoms with Crippen molar-refractivity contribution >= 4 is 8.07 Å². The van der Waals surface area contributed by atoms with Crippen molar-refractivity contribution in [2.45, 2.75) is 142 Å². The molecule has 0 rings (SSSR count). The SMILES string of the molecule is CCCCCCCCCCCCCCCCCCC[CH][Si](C)(C)C. The Hall–Kier alpha value is 0.217. The predicted octanol–water partition coefficient (Wildman–Crippen LogP) is 9.11. The van der Waals surface area contributed by atoms with Gasteiger partial charge in [0.25, 0.3) is 0 Å². The molecule has 0 amide bonds. The zero-order valence-corrected chi connectivity index (χ0v) is 18.8. The molecule has 24 heavy (non-hydrogen) atoms. The standard InChI is InChI=1S/C23H49Si/c1-5-6-7-8-9-10-11-12-13-14-15-16-17-18-19-20-21-22-23-24(2,3)4/h23H,5-22H2,1-4H3. The van der Waals surface area contributed by atoms with E-state index in [2.05, 4.69) is 32.6 Å². The van der Waals surface area contributed by atoms with Crippen molar-refractivity contribution in [3.8, 4) is 0 Å². The van der Waals surface area contributed by atoms with Crippen molar-refractivity contribution in [1.29, 1.82) is 0 Å². The smallest absolute Gasteiger partial charge is 0.0473 e. The van der Waals surface area contributed by atoms with Crippen LogP contribution in [0.3, 0.4) is 0 Å². The minimum Gasteiger partial charge on any atom is -0.0693 e. The van der Waals surface area contributed by atoms with E-state index < -0.39 is 8.07 Å². The molecule has 0 saturated heterocycles. The van der Waals surface area contributed by atoms with Gasteiger partial charge in [0.2, 0.25) is 0 Å². The van der Waals surface area contributed by atoms with Crippen LogP contribution in [0.5, 0.6) is 0 Å². The molecular weight excluding hydrogens is 304 g/mol. The summed E-state index contributed by atoms with van der Waals surface area (Å²) in [5.74, 6) is 0. The quantitative estimate of drug-likeness (QED) is 0.160. The Balaban J connectivity index is 3.00. The maximum absolute atomic E-state index is 2.62. The highest BCUT2D eigenvalue weighted by molar-refractivity contribution is 6.79. The van der Waals surface area contributed by atoms with Gasteiger partial charge in [-0.05, 0) is 6.04 Å². The Labute approximate surface area is 156 Å². The van der Waals surface area contributed by atoms with Crippen LogP contribution in [-0.2, 0) is 0 Å². The summed E-state index contributed by atoms with van der Waals surface area (Å²) >= 11 is 0. The zero-order chi connectivity index (χ0) is 17.9. The van der Waals surface area contributed by atoms with Gasteiger partial charge in [0.1, 0.15) is 0 Å². The molecule has 0 unspecified atom stereocenters. The average molecular weight is 354 g/mol. The van der Waals surface area contributed by atoms with Crippen LogP contribution in [0.2, 0.25) is 19.6 Å². The topological polar surface area (TPSA) is 0 Å². The molecule has 0 aliphatic heterocycles. The van der Waals surface area contributed by atoms with Gasteiger partial charge >= 0.3 is 0 Å². The van der Waals surface area contributed by atoms with Crippen LogP contribution in [0.15, 0.2) is 0 Å². The van der Waals surface area contributed by atoms with Crippen LogP contribution in [0, 0.1) is 6.04 Å². The molecule has 0 aliphatic rings. The molecule has 0 saturated carbocycles. The van der Waals surface area contributed by atoms with Gasteiger partial charge in [0.05, 0.1) is 0 Å². The zero-order valence-electron chi connectivity index (χ0n) is 17.8. The number of rotatable bonds is 19. The molecule has 0 atom stereocenters. The molecule has 0 aliphatic carbocycles. The van der Waals surface area contributed by atoms with Crippen molar-refractivity contribution in [2.24, 2.45) is 0 Å². The maximum Gasteiger partial charge on any atom is 0.0473 e. The highest BCUT2D eigenvalue weighted by Gasteiger charge is 2.11. The molecule has 0 aromatic rings. The molecule has 0 spiro atoms. The average Bonchev–Trinajstić information content (AvgIpc) is 2.52. The lowest BCUT2D eigenvalue weighted by atomic mass is 10.0. The highest BCUT2D eigenvalue weighted by Crippen LogP contribution is 2.15. The predicted molar refractivity (Wildman–Crippen MR) is 116 cm³/mol. The molecule has 0 N–H and O–H groups in total. The van der Waals surface area contributed by atoms with Gasteiger partial charge in [-0.15, -0.1) is 0 Å². The molecule has 0 nitrogen and oxygen atoms in total. The first-order valence-electron chi connectivity index (χ1n) is 11.4. The largest absolute Gasteiger partial charge is 0.0693 e. The molecular formula is C23H49Si. The van der Waals surface area contributed by atoms with Gasteiger partial charge in [-0.2, -0.15) is 0 Å². The van der Waals surface area contributed by atoms with E-state index in [4.69, 9.17) is 0 Å². The third kappa shape index (κ3) is 22.2. The summed E-state index contributed by atoms with van der Waals surface area (Å²) in [5.41, 5.74) is 0. The van der Waals surface area contributed by atoms with Crippen molar-refractivity contribution in [2.75, 3.05) is 0 Å². The normalized spacial score (nSPS) is 12.0. The van der Waals surface area contributed by atoms with Crippen LogP contribution < -0.4 is 0 Å². The van der Waals surface area contributed by atoms with E-state index in [-0.39, 0.29) is 0 Å². The number of unbranched alkanes of at least 4 members (excludes halogenated alkanes) is 17. The first-order chi connectivity index (χ1) is 11.6. The summed E-state index contributed by atoms with van der Waals surface area (Å²) in [6.07, 6.45) is 26.3. The highest BCUT2D eigenvalue weighted by atomic mass is 28.3. The van der Waals surface area contributed by atoms with Crippen molar-refractivity contribution in [3.63, 3.8) is 0 Å². The van der Waals surface area contributed by atoms with Gasteiger partial charge in [-0.1, -0.05) is 142 Å². The first kappa shape index (κ1) is 24.2. The molecule has 0 aromatic carbocycles. The first-order valence-corrected chi connectivity index (χ1v) is 15.0. The maximum atomic E-state index is 2.62. The molecule has 0 bridgehead atoms. The van der Waals surface area contributed by atoms with E-state index in [9.17, 15) is 0 Å². The second kappa shape index (κ2) is 18.0. The van der Waals surface area contributed by atoms with Crippen LogP contribution in [-0.4, -0.2) is 8.07 Å². The molecule has 1 heteroatoms. The van der Waals surface area contributed by atoms with E-state index >= 15 is 0 Å². The Bertz CT molecular complexity index is 229. The Morgan fingerprint density at radius 3 is 1.04 bits per heavy atom. The fraction of sp³-hybridized carbons (Fsp3) is 0.957. The molecule has 0 fully saturated rings. The molecule has 1 radical (unpaired) electrons. The van der Waals surface area contributed by atoms with Crippen LogP contribution in [0.4, 0.5) is 0 Å². The molecule has 145 valence electrons. The second-order valence-corrected chi connectivity index (χ2v) is 14.2. The van der Waals surface area contributed by atoms with Gasteiger partial charge in [-0.25, -0.2) is 0 Å². The van der Waals surface area contributed by atoms with E-state index in [1.807, 2.05) is 0 Å². The van der Waals surface area contributed by atoms with E-state index in [1.165, 1.54) is 116 Å². The molecule has 0 aromatic heterocycles. The van der Waals surface area contributed by atoms with Crippen LogP contribution in [0.25, 0.3) is 0 Å². The Morgan fingerprint density at radius 2 is 0.750 bits per heavy atom. The lowest BCUT2D eigenvalue weighted by Gasteiger charge is -2.14.